The molecule has 0 aromatic carbocycles. The zero-order chi connectivity index (χ0) is 28.0. The molecule has 5 unspecified atom stereocenters. The third-order valence-electron chi connectivity index (χ3n) is 4.67. The van der Waals surface area contributed by atoms with E-state index in [0.717, 1.165) is 0 Å². The van der Waals surface area contributed by atoms with Gasteiger partial charge in [0.15, 0.2) is 5.96 Å². The molecular formula is C19H33N7O10. The highest BCUT2D eigenvalue weighted by molar-refractivity contribution is 5.95. The van der Waals surface area contributed by atoms with E-state index in [2.05, 4.69) is 20.9 Å². The topological polar surface area (TPSA) is 310 Å². The lowest BCUT2D eigenvalue weighted by atomic mass is 10.1. The van der Waals surface area contributed by atoms with Crippen LogP contribution in [0.1, 0.15) is 39.0 Å². The number of guanidine groups is 1. The molecule has 3 amide bonds. The van der Waals surface area contributed by atoms with Gasteiger partial charge in [-0.05, 0) is 26.2 Å². The minimum Gasteiger partial charge on any atom is -0.481 e. The lowest BCUT2D eigenvalue weighted by molar-refractivity contribution is -0.144. The summed E-state index contributed by atoms with van der Waals surface area (Å²) in [6.45, 7) is 1.23. The molecule has 204 valence electrons. The van der Waals surface area contributed by atoms with E-state index >= 15 is 0 Å². The van der Waals surface area contributed by atoms with Crippen LogP contribution in [-0.4, -0.2) is 98.8 Å². The van der Waals surface area contributed by atoms with Crippen LogP contribution in [0.5, 0.6) is 0 Å². The van der Waals surface area contributed by atoms with Crippen molar-refractivity contribution in [2.75, 3.05) is 6.54 Å². The summed E-state index contributed by atoms with van der Waals surface area (Å²) < 4.78 is 0. The highest BCUT2D eigenvalue weighted by Gasteiger charge is 2.32. The van der Waals surface area contributed by atoms with E-state index in [-0.39, 0.29) is 25.3 Å². The maximum atomic E-state index is 12.8. The number of aliphatic carboxylic acids is 3. The van der Waals surface area contributed by atoms with E-state index in [0.29, 0.717) is 0 Å². The molecule has 0 rings (SSSR count). The van der Waals surface area contributed by atoms with Gasteiger partial charge in [0.1, 0.15) is 24.2 Å². The first-order valence-corrected chi connectivity index (χ1v) is 10.7. The van der Waals surface area contributed by atoms with Crippen LogP contribution in [0.4, 0.5) is 0 Å². The predicted octanol–water partition coefficient (Wildman–Crippen LogP) is -4.37. The standard InChI is InChI=1S/C19H33N7O10/c1-8(27)14(20)17(34)26-11(7-13(30)31)16(33)24-9(3-2-6-23-19(21)22)15(32)25-10(18(35)36)4-5-12(28)29/h8-11,14,27H,2-7,20H2,1H3,(H,24,33)(H,25,32)(H,26,34)(H,28,29)(H,30,31)(H,35,36)(H4,21,22,23). The Labute approximate surface area is 205 Å². The van der Waals surface area contributed by atoms with E-state index in [1.165, 1.54) is 6.92 Å². The first-order valence-electron chi connectivity index (χ1n) is 10.7. The molecule has 0 heterocycles. The summed E-state index contributed by atoms with van der Waals surface area (Å²) in [4.78, 5) is 74.7. The lowest BCUT2D eigenvalue weighted by Crippen LogP contribution is -2.58. The molecule has 0 bridgehead atoms. The Morgan fingerprint density at radius 3 is 1.81 bits per heavy atom. The van der Waals surface area contributed by atoms with Crippen LogP contribution >= 0.6 is 0 Å². The molecule has 0 radical (unpaired) electrons. The number of amides is 3. The Balaban J connectivity index is 5.68. The molecule has 17 heteroatoms. The third-order valence-corrected chi connectivity index (χ3v) is 4.67. The Morgan fingerprint density at radius 1 is 0.806 bits per heavy atom. The molecule has 0 spiro atoms. The fourth-order valence-electron chi connectivity index (χ4n) is 2.71. The van der Waals surface area contributed by atoms with E-state index in [9.17, 15) is 39.0 Å². The molecule has 13 N–H and O–H groups in total. The fourth-order valence-corrected chi connectivity index (χ4v) is 2.71. The van der Waals surface area contributed by atoms with Crippen LogP contribution in [-0.2, 0) is 28.8 Å². The Kier molecular flexibility index (Phi) is 14.1. The van der Waals surface area contributed by atoms with Gasteiger partial charge in [-0.1, -0.05) is 0 Å². The summed E-state index contributed by atoms with van der Waals surface area (Å²) in [5, 5.41) is 43.0. The van der Waals surface area contributed by atoms with Crippen LogP contribution in [0.3, 0.4) is 0 Å². The minimum absolute atomic E-state index is 0.0297. The summed E-state index contributed by atoms with van der Waals surface area (Å²) in [5.74, 6) is -7.67. The average Bonchev–Trinajstić information content (AvgIpc) is 2.76. The molecule has 0 aliphatic rings. The number of hydrogen-bond acceptors (Lipinski definition) is 9. The second-order valence-corrected chi connectivity index (χ2v) is 7.77. The van der Waals surface area contributed by atoms with Gasteiger partial charge < -0.3 is 53.6 Å². The second kappa shape index (κ2) is 15.8. The van der Waals surface area contributed by atoms with E-state index in [1.54, 1.807) is 0 Å². The predicted molar refractivity (Wildman–Crippen MR) is 122 cm³/mol. The Bertz CT molecular complexity index is 844. The number of nitrogens with zero attached hydrogens (tertiary/aromatic N) is 1. The zero-order valence-corrected chi connectivity index (χ0v) is 19.5. The van der Waals surface area contributed by atoms with Crippen LogP contribution in [0.25, 0.3) is 0 Å². The molecule has 0 saturated carbocycles. The number of nitrogens with one attached hydrogen (secondary N) is 3. The Hall–Kier alpha value is -3.99. The number of hydrogen-bond donors (Lipinski definition) is 10. The van der Waals surface area contributed by atoms with Crippen molar-refractivity contribution in [3.05, 3.63) is 0 Å². The van der Waals surface area contributed by atoms with Crippen molar-refractivity contribution in [2.24, 2.45) is 22.2 Å². The molecule has 0 saturated heterocycles. The van der Waals surface area contributed by atoms with E-state index in [4.69, 9.17) is 27.4 Å². The van der Waals surface area contributed by atoms with E-state index in [1.807, 2.05) is 0 Å². The maximum absolute atomic E-state index is 12.8. The maximum Gasteiger partial charge on any atom is 0.326 e. The van der Waals surface area contributed by atoms with Gasteiger partial charge in [-0.15, -0.1) is 0 Å². The van der Waals surface area contributed by atoms with Gasteiger partial charge in [-0.3, -0.25) is 29.0 Å². The molecule has 0 aromatic heterocycles. The summed E-state index contributed by atoms with van der Waals surface area (Å²) in [6, 6.07) is -6.20. The number of carbonyl (C=O) groups is 6. The van der Waals surface area contributed by atoms with Gasteiger partial charge in [-0.25, -0.2) is 4.79 Å². The van der Waals surface area contributed by atoms with Gasteiger partial charge in [0.25, 0.3) is 0 Å². The first kappa shape index (κ1) is 32.0. The number of rotatable bonds is 17. The highest BCUT2D eigenvalue weighted by atomic mass is 16.4. The zero-order valence-electron chi connectivity index (χ0n) is 19.5. The third kappa shape index (κ3) is 13.0. The molecule has 0 aliphatic heterocycles. The van der Waals surface area contributed by atoms with Gasteiger partial charge in [0, 0.05) is 13.0 Å². The number of aliphatic imine (C=N–C) groups is 1. The molecule has 5 atom stereocenters. The van der Waals surface area contributed by atoms with Crippen molar-refractivity contribution in [1.82, 2.24) is 16.0 Å². The van der Waals surface area contributed by atoms with Crippen molar-refractivity contribution < 1.29 is 49.2 Å². The SMILES string of the molecule is CC(O)C(N)C(=O)NC(CC(=O)O)C(=O)NC(CCCN=C(N)N)C(=O)NC(CCC(=O)O)C(=O)O. The largest absolute Gasteiger partial charge is 0.481 e. The number of aliphatic hydroxyl groups excluding tert-OH is 1. The molecule has 0 aromatic rings. The van der Waals surface area contributed by atoms with Crippen molar-refractivity contribution >= 4 is 41.6 Å². The van der Waals surface area contributed by atoms with Gasteiger partial charge in [0.05, 0.1) is 12.5 Å². The van der Waals surface area contributed by atoms with Crippen molar-refractivity contribution in [2.45, 2.75) is 69.3 Å². The van der Waals surface area contributed by atoms with Gasteiger partial charge in [-0.2, -0.15) is 0 Å². The Morgan fingerprint density at radius 2 is 1.33 bits per heavy atom. The number of carboxylic acids is 3. The van der Waals surface area contributed by atoms with Crippen molar-refractivity contribution in [3.63, 3.8) is 0 Å². The molecule has 0 aliphatic carbocycles. The quantitative estimate of drug-likeness (QED) is 0.0493. The number of carboxylic acid groups (broad SMARTS) is 3. The van der Waals surface area contributed by atoms with Crippen LogP contribution < -0.4 is 33.2 Å². The number of carbonyl (C=O) groups excluding carboxylic acids is 3. The van der Waals surface area contributed by atoms with E-state index < -0.39 is 85.2 Å². The first-order chi connectivity index (χ1) is 16.6. The van der Waals surface area contributed by atoms with Crippen LogP contribution in [0, 0.1) is 0 Å². The summed E-state index contributed by atoms with van der Waals surface area (Å²) in [5.41, 5.74) is 15.9. The highest BCUT2D eigenvalue weighted by Crippen LogP contribution is 2.05. The summed E-state index contributed by atoms with van der Waals surface area (Å²) in [7, 11) is 0. The fraction of sp³-hybridized carbons (Fsp3) is 0.632. The van der Waals surface area contributed by atoms with Crippen molar-refractivity contribution in [1.29, 1.82) is 0 Å². The average molecular weight is 520 g/mol. The normalized spacial score (nSPS) is 14.8. The second-order valence-electron chi connectivity index (χ2n) is 7.77. The molecule has 36 heavy (non-hydrogen) atoms. The monoisotopic (exact) mass is 519 g/mol. The van der Waals surface area contributed by atoms with Gasteiger partial charge >= 0.3 is 17.9 Å². The smallest absolute Gasteiger partial charge is 0.326 e. The van der Waals surface area contributed by atoms with Crippen LogP contribution in [0.2, 0.25) is 0 Å². The molecule has 17 nitrogen and oxygen atoms in total. The minimum atomic E-state index is -1.70. The number of nitrogens with two attached hydrogens (primary N) is 3. The summed E-state index contributed by atoms with van der Waals surface area (Å²) >= 11 is 0. The molecular weight excluding hydrogens is 486 g/mol. The number of aliphatic hydroxyl groups is 1. The van der Waals surface area contributed by atoms with Crippen molar-refractivity contribution in [3.8, 4) is 0 Å². The van der Waals surface area contributed by atoms with Crippen LogP contribution in [0.15, 0.2) is 4.99 Å². The lowest BCUT2D eigenvalue weighted by Gasteiger charge is -2.25. The van der Waals surface area contributed by atoms with Gasteiger partial charge in [0.2, 0.25) is 17.7 Å². The summed E-state index contributed by atoms with van der Waals surface area (Å²) in [6.07, 6.45) is -3.24. The molecule has 0 fully saturated rings.